The molecule has 1 aliphatic heterocycles. The van der Waals surface area contributed by atoms with Gasteiger partial charge in [0.25, 0.3) is 0 Å². The van der Waals surface area contributed by atoms with Crippen molar-refractivity contribution in [2.45, 2.75) is 32.7 Å². The number of nitrogens with one attached hydrogen (secondary N) is 1. The van der Waals surface area contributed by atoms with Gasteiger partial charge in [-0.25, -0.2) is 4.79 Å². The first-order valence-electron chi connectivity index (χ1n) is 5.81. The van der Waals surface area contributed by atoms with Gasteiger partial charge in [0.1, 0.15) is 11.5 Å². The van der Waals surface area contributed by atoms with E-state index in [2.05, 4.69) is 12.2 Å². The van der Waals surface area contributed by atoms with Crippen molar-refractivity contribution in [3.8, 4) is 11.5 Å². The van der Waals surface area contributed by atoms with E-state index in [1.807, 2.05) is 26.0 Å². The maximum atomic E-state index is 11.4. The molecule has 1 aromatic carbocycles. The van der Waals surface area contributed by atoms with Crippen LogP contribution in [-0.2, 0) is 0 Å². The topological polar surface area (TPSA) is 47.6 Å². The molecule has 1 unspecified atom stereocenters. The third kappa shape index (κ3) is 2.70. The highest BCUT2D eigenvalue weighted by atomic mass is 16.6. The molecule has 1 amide bonds. The quantitative estimate of drug-likeness (QED) is 0.857. The Bertz CT molecular complexity index is 429. The Morgan fingerprint density at radius 1 is 1.53 bits per heavy atom. The van der Waals surface area contributed by atoms with Gasteiger partial charge in [-0.1, -0.05) is 6.92 Å². The number of hydrogen-bond donors (Lipinski definition) is 1. The molecular weight excluding hydrogens is 218 g/mol. The van der Waals surface area contributed by atoms with Gasteiger partial charge in [0.2, 0.25) is 0 Å². The lowest BCUT2D eigenvalue weighted by molar-refractivity contribution is 0.197. The molecule has 4 heteroatoms. The van der Waals surface area contributed by atoms with Gasteiger partial charge >= 0.3 is 6.09 Å². The highest BCUT2D eigenvalue weighted by Gasteiger charge is 2.21. The molecule has 17 heavy (non-hydrogen) atoms. The smallest absolute Gasteiger partial charge is 0.412 e. The molecule has 0 bridgehead atoms. The summed E-state index contributed by atoms with van der Waals surface area (Å²) in [7, 11) is 0. The van der Waals surface area contributed by atoms with Crippen LogP contribution in [0.4, 0.5) is 4.79 Å². The van der Waals surface area contributed by atoms with Crippen LogP contribution in [0.2, 0.25) is 0 Å². The minimum Gasteiger partial charge on any atom is -0.493 e. The number of carbonyl (C=O) groups is 1. The van der Waals surface area contributed by atoms with Crippen LogP contribution in [0.1, 0.15) is 32.3 Å². The summed E-state index contributed by atoms with van der Waals surface area (Å²) in [5.41, 5.74) is 1.10. The van der Waals surface area contributed by atoms with Crippen molar-refractivity contribution >= 4 is 6.09 Å². The molecule has 0 spiro atoms. The van der Waals surface area contributed by atoms with E-state index in [-0.39, 0.29) is 6.04 Å². The summed E-state index contributed by atoms with van der Waals surface area (Å²) in [6.45, 7) is 6.56. The monoisotopic (exact) mass is 235 g/mol. The van der Waals surface area contributed by atoms with Crippen LogP contribution in [-0.4, -0.2) is 18.7 Å². The molecule has 4 nitrogen and oxygen atoms in total. The molecule has 0 aromatic heterocycles. The summed E-state index contributed by atoms with van der Waals surface area (Å²) in [5, 5.41) is 2.68. The Hall–Kier alpha value is -1.71. The molecule has 0 fully saturated rings. The molecule has 0 saturated heterocycles. The summed E-state index contributed by atoms with van der Waals surface area (Å²) < 4.78 is 10.7. The third-order valence-corrected chi connectivity index (χ3v) is 2.62. The summed E-state index contributed by atoms with van der Waals surface area (Å²) in [6, 6.07) is 5.53. The SMILES string of the molecule is CC(C)NC(=O)Oc1ccc2c(c1)C(C)CO2. The van der Waals surface area contributed by atoms with Gasteiger partial charge in [0.05, 0.1) is 6.61 Å². The van der Waals surface area contributed by atoms with E-state index >= 15 is 0 Å². The van der Waals surface area contributed by atoms with Crippen LogP contribution in [0.5, 0.6) is 11.5 Å². The highest BCUT2D eigenvalue weighted by Crippen LogP contribution is 2.35. The van der Waals surface area contributed by atoms with Crippen molar-refractivity contribution in [1.82, 2.24) is 5.32 Å². The first-order chi connectivity index (χ1) is 8.06. The maximum Gasteiger partial charge on any atom is 0.412 e. The Kier molecular flexibility index (Phi) is 3.22. The zero-order valence-corrected chi connectivity index (χ0v) is 10.3. The molecule has 1 aliphatic rings. The van der Waals surface area contributed by atoms with E-state index in [1.54, 1.807) is 6.07 Å². The second kappa shape index (κ2) is 4.65. The van der Waals surface area contributed by atoms with E-state index in [1.165, 1.54) is 0 Å². The standard InChI is InChI=1S/C13H17NO3/c1-8(2)14-13(15)17-10-4-5-12-11(6-10)9(3)7-16-12/h4-6,8-9H,7H2,1-3H3,(H,14,15). The zero-order valence-electron chi connectivity index (χ0n) is 10.3. The molecule has 1 aromatic rings. The van der Waals surface area contributed by atoms with E-state index in [4.69, 9.17) is 9.47 Å². The minimum atomic E-state index is -0.425. The summed E-state index contributed by atoms with van der Waals surface area (Å²) in [4.78, 5) is 11.4. The second-order valence-corrected chi connectivity index (χ2v) is 4.60. The van der Waals surface area contributed by atoms with Gasteiger partial charge in [0, 0.05) is 17.5 Å². The summed E-state index contributed by atoms with van der Waals surface area (Å²) >= 11 is 0. The normalized spacial score (nSPS) is 17.5. The molecule has 1 heterocycles. The van der Waals surface area contributed by atoms with Gasteiger partial charge < -0.3 is 14.8 Å². The average Bonchev–Trinajstić information content (AvgIpc) is 2.59. The van der Waals surface area contributed by atoms with Crippen LogP contribution < -0.4 is 14.8 Å². The van der Waals surface area contributed by atoms with Crippen molar-refractivity contribution in [3.63, 3.8) is 0 Å². The van der Waals surface area contributed by atoms with E-state index < -0.39 is 6.09 Å². The fraction of sp³-hybridized carbons (Fsp3) is 0.462. The second-order valence-electron chi connectivity index (χ2n) is 4.60. The van der Waals surface area contributed by atoms with Gasteiger partial charge in [-0.15, -0.1) is 0 Å². The van der Waals surface area contributed by atoms with E-state index in [9.17, 15) is 4.79 Å². The molecule has 92 valence electrons. The lowest BCUT2D eigenvalue weighted by Crippen LogP contribution is -2.32. The minimum absolute atomic E-state index is 0.0687. The largest absolute Gasteiger partial charge is 0.493 e. The molecule has 1 atom stereocenters. The van der Waals surface area contributed by atoms with Gasteiger partial charge in [0.15, 0.2) is 0 Å². The van der Waals surface area contributed by atoms with E-state index in [0.717, 1.165) is 11.3 Å². The Balaban J connectivity index is 2.08. The van der Waals surface area contributed by atoms with Crippen molar-refractivity contribution in [3.05, 3.63) is 23.8 Å². The average molecular weight is 235 g/mol. The number of amides is 1. The first-order valence-corrected chi connectivity index (χ1v) is 5.81. The number of hydrogen-bond acceptors (Lipinski definition) is 3. The Morgan fingerprint density at radius 3 is 3.00 bits per heavy atom. The summed E-state index contributed by atoms with van der Waals surface area (Å²) in [6.07, 6.45) is -0.425. The zero-order chi connectivity index (χ0) is 12.4. The van der Waals surface area contributed by atoms with Gasteiger partial charge in [-0.05, 0) is 32.0 Å². The first kappa shape index (κ1) is 11.8. The van der Waals surface area contributed by atoms with Crippen LogP contribution in [0.15, 0.2) is 18.2 Å². The van der Waals surface area contributed by atoms with Crippen molar-refractivity contribution in [2.24, 2.45) is 0 Å². The van der Waals surface area contributed by atoms with Crippen LogP contribution in [0.3, 0.4) is 0 Å². The maximum absolute atomic E-state index is 11.4. The van der Waals surface area contributed by atoms with Crippen molar-refractivity contribution in [2.75, 3.05) is 6.61 Å². The summed E-state index contributed by atoms with van der Waals surface area (Å²) in [5.74, 6) is 1.79. The number of fused-ring (bicyclic) bond motifs is 1. The molecule has 0 radical (unpaired) electrons. The lowest BCUT2D eigenvalue weighted by Gasteiger charge is -2.10. The lowest BCUT2D eigenvalue weighted by atomic mass is 10.0. The highest BCUT2D eigenvalue weighted by molar-refractivity contribution is 5.70. The van der Waals surface area contributed by atoms with E-state index in [0.29, 0.717) is 18.3 Å². The predicted octanol–water partition coefficient (Wildman–Crippen LogP) is 2.68. The van der Waals surface area contributed by atoms with Gasteiger partial charge in [-0.2, -0.15) is 0 Å². The van der Waals surface area contributed by atoms with Crippen LogP contribution in [0.25, 0.3) is 0 Å². The number of rotatable bonds is 2. The Labute approximate surface area is 101 Å². The number of benzene rings is 1. The fourth-order valence-corrected chi connectivity index (χ4v) is 1.78. The van der Waals surface area contributed by atoms with Crippen molar-refractivity contribution in [1.29, 1.82) is 0 Å². The van der Waals surface area contributed by atoms with Crippen LogP contribution in [0, 0.1) is 0 Å². The molecule has 2 rings (SSSR count). The molecule has 1 N–H and O–H groups in total. The third-order valence-electron chi connectivity index (χ3n) is 2.62. The molecule has 0 aliphatic carbocycles. The van der Waals surface area contributed by atoms with Crippen molar-refractivity contribution < 1.29 is 14.3 Å². The molecule has 0 saturated carbocycles. The van der Waals surface area contributed by atoms with Crippen LogP contribution >= 0.6 is 0 Å². The fourth-order valence-electron chi connectivity index (χ4n) is 1.78. The molecular formula is C13H17NO3. The number of ether oxygens (including phenoxy) is 2. The number of carbonyl (C=O) groups excluding carboxylic acids is 1. The predicted molar refractivity (Wildman–Crippen MR) is 64.6 cm³/mol. The Morgan fingerprint density at radius 2 is 2.29 bits per heavy atom. The van der Waals surface area contributed by atoms with Gasteiger partial charge in [-0.3, -0.25) is 0 Å².